The number of carbonyl (C=O) groups is 1. The Morgan fingerprint density at radius 3 is 2.89 bits per heavy atom. The van der Waals surface area contributed by atoms with Crippen LogP contribution in [0, 0.1) is 0 Å². The van der Waals surface area contributed by atoms with Crippen molar-refractivity contribution < 1.29 is 14.4 Å². The third kappa shape index (κ3) is 3.17. The molecule has 1 aliphatic rings. The van der Waals surface area contributed by atoms with Gasteiger partial charge in [0.1, 0.15) is 5.69 Å². The van der Waals surface area contributed by atoms with E-state index in [4.69, 9.17) is 15.3 Å². The molecular formula is C11H14N4O3. The van der Waals surface area contributed by atoms with E-state index in [1.807, 2.05) is 0 Å². The second-order valence-electron chi connectivity index (χ2n) is 3.65. The van der Waals surface area contributed by atoms with Crippen LogP contribution in [0.15, 0.2) is 29.6 Å². The zero-order chi connectivity index (χ0) is 12.8. The molecule has 7 nitrogen and oxygen atoms in total. The third-order valence-corrected chi connectivity index (χ3v) is 2.42. The van der Waals surface area contributed by atoms with Gasteiger partial charge in [-0.25, -0.2) is 4.79 Å². The van der Waals surface area contributed by atoms with Gasteiger partial charge in [0, 0.05) is 19.3 Å². The lowest BCUT2D eigenvalue weighted by molar-refractivity contribution is 0.0279. The molecule has 7 heteroatoms. The normalized spacial score (nSPS) is 16.4. The maximum absolute atomic E-state index is 11.6. The minimum atomic E-state index is -0.530. The number of amides is 1. The minimum Gasteiger partial charge on any atom is -0.379 e. The fourth-order valence-electron chi connectivity index (χ4n) is 1.45. The first-order valence-corrected chi connectivity index (χ1v) is 5.56. The van der Waals surface area contributed by atoms with Crippen LogP contribution in [-0.2, 0) is 9.57 Å². The average Bonchev–Trinajstić information content (AvgIpc) is 2.46. The zero-order valence-corrected chi connectivity index (χ0v) is 9.78. The SMILES string of the molecule is N/C(=N\OC(=O)N1CCOCC1)c1ccccn1. The summed E-state index contributed by atoms with van der Waals surface area (Å²) in [6.45, 7) is 2.01. The number of ether oxygens (including phenoxy) is 1. The van der Waals surface area contributed by atoms with Gasteiger partial charge in [0.15, 0.2) is 5.84 Å². The molecule has 1 aromatic heterocycles. The van der Waals surface area contributed by atoms with E-state index in [-0.39, 0.29) is 5.84 Å². The minimum absolute atomic E-state index is 0.0669. The number of pyridine rings is 1. The monoisotopic (exact) mass is 250 g/mol. The molecule has 0 atom stereocenters. The summed E-state index contributed by atoms with van der Waals surface area (Å²) in [6, 6.07) is 5.21. The number of morpholine rings is 1. The van der Waals surface area contributed by atoms with Crippen molar-refractivity contribution in [1.82, 2.24) is 9.88 Å². The van der Waals surface area contributed by atoms with Gasteiger partial charge in [-0.3, -0.25) is 9.82 Å². The standard InChI is InChI=1S/C11H14N4O3/c12-10(9-3-1-2-4-13-9)14-18-11(16)15-5-7-17-8-6-15/h1-4H,5-8H2,(H2,12,14). The molecular weight excluding hydrogens is 236 g/mol. The summed E-state index contributed by atoms with van der Waals surface area (Å²) in [6.07, 6.45) is 1.05. The fraction of sp³-hybridized carbons (Fsp3) is 0.364. The van der Waals surface area contributed by atoms with Crippen LogP contribution in [0.2, 0.25) is 0 Å². The van der Waals surface area contributed by atoms with Crippen molar-refractivity contribution in [1.29, 1.82) is 0 Å². The summed E-state index contributed by atoms with van der Waals surface area (Å²) in [5.41, 5.74) is 6.10. The van der Waals surface area contributed by atoms with Crippen molar-refractivity contribution in [2.45, 2.75) is 0 Å². The molecule has 0 saturated carbocycles. The smallest absolute Gasteiger partial charge is 0.379 e. The van der Waals surface area contributed by atoms with Crippen molar-refractivity contribution in [3.8, 4) is 0 Å². The highest BCUT2D eigenvalue weighted by Crippen LogP contribution is 2.01. The number of oxime groups is 1. The van der Waals surface area contributed by atoms with Gasteiger partial charge < -0.3 is 15.4 Å². The summed E-state index contributed by atoms with van der Waals surface area (Å²) in [7, 11) is 0. The number of rotatable bonds is 2. The zero-order valence-electron chi connectivity index (χ0n) is 9.78. The Morgan fingerprint density at radius 1 is 1.44 bits per heavy atom. The highest BCUT2D eigenvalue weighted by molar-refractivity contribution is 5.95. The van der Waals surface area contributed by atoms with Crippen LogP contribution in [0.1, 0.15) is 5.69 Å². The van der Waals surface area contributed by atoms with Crippen LogP contribution in [0.5, 0.6) is 0 Å². The van der Waals surface area contributed by atoms with Crippen LogP contribution in [0.4, 0.5) is 4.79 Å². The topological polar surface area (TPSA) is 90.0 Å². The molecule has 96 valence electrons. The summed E-state index contributed by atoms with van der Waals surface area (Å²) < 4.78 is 5.12. The van der Waals surface area contributed by atoms with Gasteiger partial charge in [0.05, 0.1) is 13.2 Å². The van der Waals surface area contributed by atoms with Crippen molar-refractivity contribution in [3.63, 3.8) is 0 Å². The van der Waals surface area contributed by atoms with Gasteiger partial charge >= 0.3 is 6.09 Å². The molecule has 2 rings (SSSR count). The number of carbonyl (C=O) groups excluding carboxylic acids is 1. The molecule has 0 unspecified atom stereocenters. The van der Waals surface area contributed by atoms with Crippen LogP contribution in [-0.4, -0.2) is 48.1 Å². The van der Waals surface area contributed by atoms with Crippen LogP contribution in [0.3, 0.4) is 0 Å². The molecule has 0 aromatic carbocycles. The Morgan fingerprint density at radius 2 is 2.22 bits per heavy atom. The lowest BCUT2D eigenvalue weighted by atomic mass is 10.3. The number of aromatic nitrogens is 1. The quantitative estimate of drug-likeness (QED) is 0.350. The Bertz CT molecular complexity index is 429. The Balaban J connectivity index is 1.91. The highest BCUT2D eigenvalue weighted by atomic mass is 16.7. The first kappa shape index (κ1) is 12.3. The Kier molecular flexibility index (Phi) is 4.08. The first-order chi connectivity index (χ1) is 8.77. The molecule has 1 amide bonds. The number of nitrogens with zero attached hydrogens (tertiary/aromatic N) is 3. The van der Waals surface area contributed by atoms with Gasteiger partial charge in [-0.15, -0.1) is 0 Å². The van der Waals surface area contributed by atoms with E-state index in [1.165, 1.54) is 4.90 Å². The van der Waals surface area contributed by atoms with E-state index < -0.39 is 6.09 Å². The molecule has 0 spiro atoms. The Labute approximate surface area is 104 Å². The number of amidine groups is 1. The molecule has 0 bridgehead atoms. The predicted molar refractivity (Wildman–Crippen MR) is 63.8 cm³/mol. The molecule has 18 heavy (non-hydrogen) atoms. The maximum atomic E-state index is 11.6. The molecule has 2 heterocycles. The van der Waals surface area contributed by atoms with Gasteiger partial charge in [-0.05, 0) is 12.1 Å². The summed E-state index contributed by atoms with van der Waals surface area (Å²) in [5, 5.41) is 3.57. The van der Waals surface area contributed by atoms with E-state index in [0.717, 1.165) is 0 Å². The van der Waals surface area contributed by atoms with Crippen LogP contribution < -0.4 is 5.73 Å². The molecule has 1 saturated heterocycles. The number of hydrogen-bond acceptors (Lipinski definition) is 5. The van der Waals surface area contributed by atoms with E-state index in [2.05, 4.69) is 10.1 Å². The largest absolute Gasteiger partial charge is 0.436 e. The lowest BCUT2D eigenvalue weighted by Gasteiger charge is -2.24. The summed E-state index contributed by atoms with van der Waals surface area (Å²) >= 11 is 0. The summed E-state index contributed by atoms with van der Waals surface area (Å²) in [4.78, 5) is 21.9. The molecule has 0 radical (unpaired) electrons. The second kappa shape index (κ2) is 5.97. The van der Waals surface area contributed by atoms with Gasteiger partial charge in [0.2, 0.25) is 0 Å². The number of hydrogen-bond donors (Lipinski definition) is 1. The van der Waals surface area contributed by atoms with Crippen molar-refractivity contribution >= 4 is 11.9 Å². The molecule has 2 N–H and O–H groups in total. The third-order valence-electron chi connectivity index (χ3n) is 2.42. The molecule has 1 aliphatic heterocycles. The average molecular weight is 250 g/mol. The molecule has 1 aromatic rings. The lowest BCUT2D eigenvalue weighted by Crippen LogP contribution is -2.40. The van der Waals surface area contributed by atoms with Crippen molar-refractivity contribution in [2.75, 3.05) is 26.3 Å². The highest BCUT2D eigenvalue weighted by Gasteiger charge is 2.18. The van der Waals surface area contributed by atoms with E-state index in [0.29, 0.717) is 32.0 Å². The second-order valence-corrected chi connectivity index (χ2v) is 3.65. The van der Waals surface area contributed by atoms with Crippen molar-refractivity contribution in [2.24, 2.45) is 10.9 Å². The van der Waals surface area contributed by atoms with Crippen LogP contribution >= 0.6 is 0 Å². The van der Waals surface area contributed by atoms with Gasteiger partial charge in [0.25, 0.3) is 0 Å². The summed E-state index contributed by atoms with van der Waals surface area (Å²) in [5.74, 6) is 0.0669. The maximum Gasteiger partial charge on any atom is 0.436 e. The van der Waals surface area contributed by atoms with E-state index in [1.54, 1.807) is 24.4 Å². The fourth-order valence-corrected chi connectivity index (χ4v) is 1.45. The Hall–Kier alpha value is -2.15. The van der Waals surface area contributed by atoms with Gasteiger partial charge in [-0.1, -0.05) is 11.2 Å². The molecule has 1 fully saturated rings. The van der Waals surface area contributed by atoms with E-state index >= 15 is 0 Å². The van der Waals surface area contributed by atoms with Crippen molar-refractivity contribution in [3.05, 3.63) is 30.1 Å². The molecule has 0 aliphatic carbocycles. The van der Waals surface area contributed by atoms with E-state index in [9.17, 15) is 4.79 Å². The van der Waals surface area contributed by atoms with Crippen LogP contribution in [0.25, 0.3) is 0 Å². The van der Waals surface area contributed by atoms with Gasteiger partial charge in [-0.2, -0.15) is 0 Å². The predicted octanol–water partition coefficient (Wildman–Crippen LogP) is 0.171. The first-order valence-electron chi connectivity index (χ1n) is 5.56. The number of nitrogens with two attached hydrogens (primary N) is 1.